The Bertz CT molecular complexity index is 365. The van der Waals surface area contributed by atoms with Gasteiger partial charge in [-0.05, 0) is 37.0 Å². The third-order valence-electron chi connectivity index (χ3n) is 2.77. The number of carboxylic acid groups (broad SMARTS) is 1. The fourth-order valence-electron chi connectivity index (χ4n) is 1.79. The molecule has 1 aromatic carbocycles. The van der Waals surface area contributed by atoms with E-state index in [1.165, 1.54) is 0 Å². The van der Waals surface area contributed by atoms with Gasteiger partial charge in [-0.2, -0.15) is 0 Å². The third kappa shape index (κ3) is 5.08. The Kier molecular flexibility index (Phi) is 6.05. The largest absolute Gasteiger partial charge is 0.497 e. The maximum absolute atomic E-state index is 10.4. The number of hydrogen-bond acceptors (Lipinski definition) is 3. The lowest BCUT2D eigenvalue weighted by molar-refractivity contribution is -0.137. The Balaban J connectivity index is 2.43. The van der Waals surface area contributed by atoms with Crippen LogP contribution in [0.1, 0.15) is 31.2 Å². The summed E-state index contributed by atoms with van der Waals surface area (Å²) in [6.07, 6.45) is 3.79. The lowest BCUT2D eigenvalue weighted by Gasteiger charge is -2.08. The normalized spacial score (nSPS) is 10.1. The molecule has 0 aliphatic rings. The van der Waals surface area contributed by atoms with Crippen molar-refractivity contribution in [3.8, 4) is 11.5 Å². The molecule has 0 amide bonds. The number of unbranched alkanes of at least 4 members (excludes halogenated alkanes) is 2. The molecule has 0 unspecified atom stereocenters. The molecule has 1 aromatic rings. The van der Waals surface area contributed by atoms with Crippen LogP contribution in [0.3, 0.4) is 0 Å². The number of aryl methyl sites for hydroxylation is 1. The SMILES string of the molecule is COc1cc(CCCCCC(=O)O)cc(OC)c1. The summed E-state index contributed by atoms with van der Waals surface area (Å²) in [5.41, 5.74) is 1.15. The number of rotatable bonds is 8. The predicted molar refractivity (Wildman–Crippen MR) is 69.4 cm³/mol. The number of carboxylic acids is 1. The molecule has 0 saturated carbocycles. The molecule has 0 bridgehead atoms. The molecule has 100 valence electrons. The van der Waals surface area contributed by atoms with Crippen LogP contribution in [0.4, 0.5) is 0 Å². The lowest BCUT2D eigenvalue weighted by Crippen LogP contribution is -1.95. The highest BCUT2D eigenvalue weighted by Gasteiger charge is 2.02. The van der Waals surface area contributed by atoms with E-state index in [0.717, 1.165) is 42.7 Å². The van der Waals surface area contributed by atoms with Gasteiger partial charge in [0.1, 0.15) is 11.5 Å². The molecule has 0 fully saturated rings. The first kappa shape index (κ1) is 14.4. The second-order valence-corrected chi connectivity index (χ2v) is 4.18. The predicted octanol–water partition coefficient (Wildman–Crippen LogP) is 2.89. The summed E-state index contributed by atoms with van der Waals surface area (Å²) in [6, 6.07) is 5.81. The van der Waals surface area contributed by atoms with Crippen molar-refractivity contribution < 1.29 is 19.4 Å². The summed E-state index contributed by atoms with van der Waals surface area (Å²) in [7, 11) is 3.26. The topological polar surface area (TPSA) is 55.8 Å². The maximum atomic E-state index is 10.4. The van der Waals surface area contributed by atoms with Crippen LogP contribution in [-0.2, 0) is 11.2 Å². The molecule has 4 nitrogen and oxygen atoms in total. The van der Waals surface area contributed by atoms with Gasteiger partial charge >= 0.3 is 5.97 Å². The van der Waals surface area contributed by atoms with Gasteiger partial charge in [0.15, 0.2) is 0 Å². The molecule has 1 rings (SSSR count). The van der Waals surface area contributed by atoms with Crippen molar-refractivity contribution in [1.29, 1.82) is 0 Å². The van der Waals surface area contributed by atoms with Gasteiger partial charge in [0.2, 0.25) is 0 Å². The average molecular weight is 252 g/mol. The van der Waals surface area contributed by atoms with Gasteiger partial charge in [0.05, 0.1) is 14.2 Å². The van der Waals surface area contributed by atoms with Crippen LogP contribution >= 0.6 is 0 Å². The van der Waals surface area contributed by atoms with E-state index in [1.54, 1.807) is 14.2 Å². The van der Waals surface area contributed by atoms with Gasteiger partial charge in [0.25, 0.3) is 0 Å². The lowest BCUT2D eigenvalue weighted by atomic mass is 10.1. The molecule has 0 aromatic heterocycles. The molecule has 0 atom stereocenters. The highest BCUT2D eigenvalue weighted by atomic mass is 16.5. The summed E-state index contributed by atoms with van der Waals surface area (Å²) >= 11 is 0. The van der Waals surface area contributed by atoms with Crippen molar-refractivity contribution in [3.63, 3.8) is 0 Å². The summed E-state index contributed by atoms with van der Waals surface area (Å²) in [6.45, 7) is 0. The van der Waals surface area contributed by atoms with Gasteiger partial charge in [-0.1, -0.05) is 6.42 Å². The van der Waals surface area contributed by atoms with E-state index in [0.29, 0.717) is 0 Å². The molecule has 0 radical (unpaired) electrons. The van der Waals surface area contributed by atoms with E-state index >= 15 is 0 Å². The summed E-state index contributed by atoms with van der Waals surface area (Å²) < 4.78 is 10.4. The fourth-order valence-corrected chi connectivity index (χ4v) is 1.79. The minimum Gasteiger partial charge on any atom is -0.497 e. The Morgan fingerprint density at radius 2 is 1.67 bits per heavy atom. The monoisotopic (exact) mass is 252 g/mol. The Morgan fingerprint density at radius 1 is 1.06 bits per heavy atom. The first-order valence-electron chi connectivity index (χ1n) is 6.09. The van der Waals surface area contributed by atoms with Crippen LogP contribution < -0.4 is 9.47 Å². The molecule has 0 saturated heterocycles. The zero-order valence-electron chi connectivity index (χ0n) is 10.9. The fraction of sp³-hybridized carbons (Fsp3) is 0.500. The molecular weight excluding hydrogens is 232 g/mol. The van der Waals surface area contributed by atoms with Crippen molar-refractivity contribution in [1.82, 2.24) is 0 Å². The minimum absolute atomic E-state index is 0.251. The number of benzene rings is 1. The van der Waals surface area contributed by atoms with Gasteiger partial charge in [-0.3, -0.25) is 4.79 Å². The molecule has 0 aliphatic heterocycles. The van der Waals surface area contributed by atoms with E-state index < -0.39 is 5.97 Å². The highest BCUT2D eigenvalue weighted by molar-refractivity contribution is 5.66. The Hall–Kier alpha value is -1.71. The van der Waals surface area contributed by atoms with E-state index in [-0.39, 0.29) is 6.42 Å². The second-order valence-electron chi connectivity index (χ2n) is 4.18. The van der Waals surface area contributed by atoms with E-state index in [4.69, 9.17) is 14.6 Å². The highest BCUT2D eigenvalue weighted by Crippen LogP contribution is 2.23. The van der Waals surface area contributed by atoms with Crippen LogP contribution in [0.5, 0.6) is 11.5 Å². The molecule has 4 heteroatoms. The van der Waals surface area contributed by atoms with Gasteiger partial charge in [-0.25, -0.2) is 0 Å². The Labute approximate surface area is 108 Å². The molecule has 0 heterocycles. The van der Waals surface area contributed by atoms with Crippen molar-refractivity contribution in [2.45, 2.75) is 32.1 Å². The van der Waals surface area contributed by atoms with Gasteiger partial charge < -0.3 is 14.6 Å². The molecule has 0 spiro atoms. The zero-order valence-corrected chi connectivity index (χ0v) is 10.9. The smallest absolute Gasteiger partial charge is 0.303 e. The summed E-state index contributed by atoms with van der Waals surface area (Å²) in [5.74, 6) is 0.850. The van der Waals surface area contributed by atoms with Gasteiger partial charge in [0, 0.05) is 12.5 Å². The van der Waals surface area contributed by atoms with E-state index in [9.17, 15) is 4.79 Å². The van der Waals surface area contributed by atoms with Crippen molar-refractivity contribution in [3.05, 3.63) is 23.8 Å². The first-order valence-corrected chi connectivity index (χ1v) is 6.09. The van der Waals surface area contributed by atoms with Crippen molar-refractivity contribution in [2.24, 2.45) is 0 Å². The number of carbonyl (C=O) groups is 1. The number of ether oxygens (including phenoxy) is 2. The first-order chi connectivity index (χ1) is 8.65. The van der Waals surface area contributed by atoms with Gasteiger partial charge in [-0.15, -0.1) is 0 Å². The number of aliphatic carboxylic acids is 1. The molecule has 18 heavy (non-hydrogen) atoms. The number of methoxy groups -OCH3 is 2. The number of hydrogen-bond donors (Lipinski definition) is 1. The second kappa shape index (κ2) is 7.58. The van der Waals surface area contributed by atoms with Crippen molar-refractivity contribution in [2.75, 3.05) is 14.2 Å². The van der Waals surface area contributed by atoms with Crippen LogP contribution in [-0.4, -0.2) is 25.3 Å². The van der Waals surface area contributed by atoms with Crippen LogP contribution in [0.25, 0.3) is 0 Å². The van der Waals surface area contributed by atoms with Crippen molar-refractivity contribution >= 4 is 5.97 Å². The Morgan fingerprint density at radius 3 is 2.17 bits per heavy atom. The zero-order chi connectivity index (χ0) is 13.4. The van der Waals surface area contributed by atoms with E-state index in [1.807, 2.05) is 18.2 Å². The average Bonchev–Trinajstić information content (AvgIpc) is 2.37. The standard InChI is InChI=1S/C14H20O4/c1-17-12-8-11(9-13(10-12)18-2)6-4-3-5-7-14(15)16/h8-10H,3-7H2,1-2H3,(H,15,16). The molecule has 0 aliphatic carbocycles. The van der Waals surface area contributed by atoms with Crippen LogP contribution in [0.2, 0.25) is 0 Å². The molecule has 1 N–H and O–H groups in total. The molecular formula is C14H20O4. The minimum atomic E-state index is -0.724. The van der Waals surface area contributed by atoms with Crippen LogP contribution in [0.15, 0.2) is 18.2 Å². The summed E-state index contributed by atoms with van der Waals surface area (Å²) in [5, 5.41) is 8.53. The quantitative estimate of drug-likeness (QED) is 0.723. The van der Waals surface area contributed by atoms with Crippen LogP contribution in [0, 0.1) is 0 Å². The van der Waals surface area contributed by atoms with E-state index in [2.05, 4.69) is 0 Å². The summed E-state index contributed by atoms with van der Waals surface area (Å²) in [4.78, 5) is 10.4. The maximum Gasteiger partial charge on any atom is 0.303 e. The third-order valence-corrected chi connectivity index (χ3v) is 2.77.